The van der Waals surface area contributed by atoms with E-state index < -0.39 is 23.8 Å². The second kappa shape index (κ2) is 5.94. The summed E-state index contributed by atoms with van der Waals surface area (Å²) >= 11 is 0. The summed E-state index contributed by atoms with van der Waals surface area (Å²) in [5.41, 5.74) is 0.342. The van der Waals surface area contributed by atoms with Crippen LogP contribution < -0.4 is 0 Å². The standard InChI is InChI=1S/C14H19F2NO2/c1-9(2)17-5-6-19-13(8-17)14(18)10-3-4-11(15)12(16)7-10/h3-4,7,9,13-14,18H,5-6,8H2,1-2H3. The maximum absolute atomic E-state index is 13.2. The number of ether oxygens (including phenoxy) is 1. The molecule has 1 saturated heterocycles. The molecule has 0 radical (unpaired) electrons. The number of nitrogens with zero attached hydrogens (tertiary/aromatic N) is 1. The summed E-state index contributed by atoms with van der Waals surface area (Å²) in [7, 11) is 0. The summed E-state index contributed by atoms with van der Waals surface area (Å²) < 4.78 is 31.6. The highest BCUT2D eigenvalue weighted by Crippen LogP contribution is 2.24. The Hall–Kier alpha value is -1.04. The Labute approximate surface area is 111 Å². The van der Waals surface area contributed by atoms with Crippen LogP contribution in [0.2, 0.25) is 0 Å². The predicted octanol–water partition coefficient (Wildman–Crippen LogP) is 2.11. The molecule has 5 heteroatoms. The minimum atomic E-state index is -0.951. The van der Waals surface area contributed by atoms with E-state index in [1.54, 1.807) is 0 Å². The summed E-state index contributed by atoms with van der Waals surface area (Å²) in [6.07, 6.45) is -1.36. The number of hydrogen-bond acceptors (Lipinski definition) is 3. The molecule has 1 aromatic carbocycles. The molecule has 1 N–H and O–H groups in total. The lowest BCUT2D eigenvalue weighted by molar-refractivity contribution is -0.0962. The largest absolute Gasteiger partial charge is 0.386 e. The van der Waals surface area contributed by atoms with Crippen LogP contribution in [0.3, 0.4) is 0 Å². The van der Waals surface area contributed by atoms with E-state index >= 15 is 0 Å². The molecule has 1 fully saturated rings. The zero-order valence-corrected chi connectivity index (χ0v) is 11.1. The van der Waals surface area contributed by atoms with Crippen molar-refractivity contribution in [2.75, 3.05) is 19.7 Å². The molecule has 0 bridgehead atoms. The molecule has 106 valence electrons. The third kappa shape index (κ3) is 3.29. The van der Waals surface area contributed by atoms with Gasteiger partial charge in [-0.25, -0.2) is 8.78 Å². The first-order valence-corrected chi connectivity index (χ1v) is 6.47. The van der Waals surface area contributed by atoms with Gasteiger partial charge in [0.15, 0.2) is 11.6 Å². The Balaban J connectivity index is 2.10. The number of morpholine rings is 1. The molecule has 0 spiro atoms. The van der Waals surface area contributed by atoms with Crippen LogP contribution in [0.4, 0.5) is 8.78 Å². The van der Waals surface area contributed by atoms with E-state index in [1.807, 2.05) is 0 Å². The van der Waals surface area contributed by atoms with Crippen molar-refractivity contribution in [3.63, 3.8) is 0 Å². The summed E-state index contributed by atoms with van der Waals surface area (Å²) in [6.45, 7) is 6.08. The van der Waals surface area contributed by atoms with Crippen LogP contribution in [0.15, 0.2) is 18.2 Å². The number of aliphatic hydroxyl groups is 1. The minimum Gasteiger partial charge on any atom is -0.386 e. The van der Waals surface area contributed by atoms with E-state index in [4.69, 9.17) is 4.74 Å². The minimum absolute atomic E-state index is 0.342. The smallest absolute Gasteiger partial charge is 0.159 e. The van der Waals surface area contributed by atoms with Gasteiger partial charge in [0.25, 0.3) is 0 Å². The first-order chi connectivity index (χ1) is 8.99. The molecule has 2 atom stereocenters. The lowest BCUT2D eigenvalue weighted by atomic mass is 10.0. The Morgan fingerprint density at radius 3 is 2.68 bits per heavy atom. The van der Waals surface area contributed by atoms with Gasteiger partial charge in [-0.3, -0.25) is 4.90 Å². The summed E-state index contributed by atoms with van der Waals surface area (Å²) in [6, 6.07) is 3.80. The van der Waals surface area contributed by atoms with E-state index in [0.717, 1.165) is 18.7 Å². The lowest BCUT2D eigenvalue weighted by Gasteiger charge is -2.37. The van der Waals surface area contributed by atoms with Crippen molar-refractivity contribution in [3.05, 3.63) is 35.4 Å². The van der Waals surface area contributed by atoms with Crippen molar-refractivity contribution >= 4 is 0 Å². The predicted molar refractivity (Wildman–Crippen MR) is 67.8 cm³/mol. The zero-order valence-electron chi connectivity index (χ0n) is 11.1. The van der Waals surface area contributed by atoms with E-state index in [9.17, 15) is 13.9 Å². The average molecular weight is 271 g/mol. The van der Waals surface area contributed by atoms with Crippen LogP contribution in [0.5, 0.6) is 0 Å². The van der Waals surface area contributed by atoms with Crippen LogP contribution in [-0.4, -0.2) is 41.8 Å². The van der Waals surface area contributed by atoms with Gasteiger partial charge in [-0.1, -0.05) is 6.07 Å². The molecule has 2 rings (SSSR count). The summed E-state index contributed by atoms with van der Waals surface area (Å²) in [5.74, 6) is -1.86. The van der Waals surface area contributed by atoms with Gasteiger partial charge in [0.1, 0.15) is 12.2 Å². The van der Waals surface area contributed by atoms with Crippen molar-refractivity contribution < 1.29 is 18.6 Å². The molecule has 1 aliphatic rings. The third-order valence-corrected chi connectivity index (χ3v) is 3.49. The number of benzene rings is 1. The number of rotatable bonds is 3. The Morgan fingerprint density at radius 1 is 1.32 bits per heavy atom. The molecular weight excluding hydrogens is 252 g/mol. The van der Waals surface area contributed by atoms with Crippen molar-refractivity contribution in [1.29, 1.82) is 0 Å². The van der Waals surface area contributed by atoms with Crippen LogP contribution in [0.25, 0.3) is 0 Å². The quantitative estimate of drug-likeness (QED) is 0.914. The fourth-order valence-corrected chi connectivity index (χ4v) is 2.27. The molecular formula is C14H19F2NO2. The highest BCUT2D eigenvalue weighted by atomic mass is 19.2. The molecule has 3 nitrogen and oxygen atoms in total. The molecule has 2 unspecified atom stereocenters. The van der Waals surface area contributed by atoms with E-state index in [2.05, 4.69) is 18.7 Å². The molecule has 1 aliphatic heterocycles. The first kappa shape index (κ1) is 14.4. The van der Waals surface area contributed by atoms with Gasteiger partial charge >= 0.3 is 0 Å². The fraction of sp³-hybridized carbons (Fsp3) is 0.571. The summed E-state index contributed by atoms with van der Waals surface area (Å²) in [4.78, 5) is 2.19. The van der Waals surface area contributed by atoms with Crippen molar-refractivity contribution in [2.24, 2.45) is 0 Å². The van der Waals surface area contributed by atoms with Gasteiger partial charge in [-0.05, 0) is 31.5 Å². The number of aliphatic hydroxyl groups excluding tert-OH is 1. The SMILES string of the molecule is CC(C)N1CCOC(C(O)c2ccc(F)c(F)c2)C1. The Morgan fingerprint density at radius 2 is 2.05 bits per heavy atom. The van der Waals surface area contributed by atoms with Crippen LogP contribution in [0, 0.1) is 11.6 Å². The Kier molecular flexibility index (Phi) is 4.50. The lowest BCUT2D eigenvalue weighted by Crippen LogP contribution is -2.47. The van der Waals surface area contributed by atoms with Crippen LogP contribution >= 0.6 is 0 Å². The van der Waals surface area contributed by atoms with E-state index in [0.29, 0.717) is 24.8 Å². The Bertz CT molecular complexity index is 439. The second-order valence-corrected chi connectivity index (χ2v) is 5.12. The number of halogens is 2. The maximum Gasteiger partial charge on any atom is 0.159 e. The van der Waals surface area contributed by atoms with E-state index in [1.165, 1.54) is 6.07 Å². The van der Waals surface area contributed by atoms with Crippen molar-refractivity contribution in [1.82, 2.24) is 4.90 Å². The molecule has 19 heavy (non-hydrogen) atoms. The van der Waals surface area contributed by atoms with Crippen LogP contribution in [0.1, 0.15) is 25.5 Å². The molecule has 0 saturated carbocycles. The highest BCUT2D eigenvalue weighted by Gasteiger charge is 2.29. The van der Waals surface area contributed by atoms with Crippen LogP contribution in [-0.2, 0) is 4.74 Å². The normalized spacial score (nSPS) is 22.7. The highest BCUT2D eigenvalue weighted by molar-refractivity contribution is 5.21. The van der Waals surface area contributed by atoms with Gasteiger partial charge in [-0.15, -0.1) is 0 Å². The second-order valence-electron chi connectivity index (χ2n) is 5.12. The zero-order chi connectivity index (χ0) is 14.0. The molecule has 1 heterocycles. The molecule has 0 aliphatic carbocycles. The number of hydrogen-bond donors (Lipinski definition) is 1. The van der Waals surface area contributed by atoms with Gasteiger partial charge in [0.05, 0.1) is 6.61 Å². The van der Waals surface area contributed by atoms with Gasteiger partial charge < -0.3 is 9.84 Å². The van der Waals surface area contributed by atoms with Gasteiger partial charge in [-0.2, -0.15) is 0 Å². The molecule has 1 aromatic rings. The third-order valence-electron chi connectivity index (χ3n) is 3.49. The van der Waals surface area contributed by atoms with E-state index in [-0.39, 0.29) is 0 Å². The van der Waals surface area contributed by atoms with Crippen molar-refractivity contribution in [2.45, 2.75) is 32.1 Å². The van der Waals surface area contributed by atoms with Gasteiger partial charge in [0, 0.05) is 19.1 Å². The topological polar surface area (TPSA) is 32.7 Å². The molecule has 0 amide bonds. The fourth-order valence-electron chi connectivity index (χ4n) is 2.27. The monoisotopic (exact) mass is 271 g/mol. The maximum atomic E-state index is 13.2. The first-order valence-electron chi connectivity index (χ1n) is 6.47. The summed E-state index contributed by atoms with van der Waals surface area (Å²) in [5, 5.41) is 10.2. The average Bonchev–Trinajstić information content (AvgIpc) is 2.41. The van der Waals surface area contributed by atoms with Gasteiger partial charge in [0.2, 0.25) is 0 Å². The molecule has 0 aromatic heterocycles. The van der Waals surface area contributed by atoms with Crippen molar-refractivity contribution in [3.8, 4) is 0 Å².